The lowest BCUT2D eigenvalue weighted by Crippen LogP contribution is -2.04. The van der Waals surface area contributed by atoms with Gasteiger partial charge in [0.15, 0.2) is 0 Å². The van der Waals surface area contributed by atoms with E-state index in [-0.39, 0.29) is 17.6 Å². The molecule has 0 spiro atoms. The lowest BCUT2D eigenvalue weighted by atomic mass is 9.89. The second kappa shape index (κ2) is 6.03. The average Bonchev–Trinajstić information content (AvgIpc) is 2.37. The van der Waals surface area contributed by atoms with Crippen LogP contribution in [0.25, 0.3) is 0 Å². The highest BCUT2D eigenvalue weighted by Crippen LogP contribution is 2.30. The first-order chi connectivity index (χ1) is 8.66. The number of rotatable bonds is 4. The third kappa shape index (κ3) is 3.34. The van der Waals surface area contributed by atoms with E-state index in [0.29, 0.717) is 5.02 Å². The number of carbonyl (C=O) groups is 1. The van der Waals surface area contributed by atoms with E-state index >= 15 is 0 Å². The quantitative estimate of drug-likeness (QED) is 0.746. The molecular weight excluding hydrogens is 267 g/mol. The average molecular weight is 279 g/mol. The van der Waals surface area contributed by atoms with Crippen molar-refractivity contribution in [2.75, 3.05) is 0 Å². The summed E-state index contributed by atoms with van der Waals surface area (Å²) in [5, 5.41) is 0.319. The van der Waals surface area contributed by atoms with Gasteiger partial charge in [-0.05, 0) is 34.9 Å². The van der Waals surface area contributed by atoms with Crippen molar-refractivity contribution in [3.05, 3.63) is 70.7 Å². The van der Waals surface area contributed by atoms with Gasteiger partial charge in [-0.15, -0.1) is 0 Å². The molecule has 18 heavy (non-hydrogen) atoms. The molecule has 92 valence electrons. The molecule has 0 radical (unpaired) electrons. The molecule has 0 saturated carbocycles. The fraction of sp³-hybridized carbons (Fsp3) is 0.133. The van der Waals surface area contributed by atoms with Crippen molar-refractivity contribution in [3.8, 4) is 0 Å². The maximum absolute atomic E-state index is 11.2. The van der Waals surface area contributed by atoms with Crippen LogP contribution in [-0.2, 0) is 4.79 Å². The van der Waals surface area contributed by atoms with E-state index in [1.807, 2.05) is 54.6 Å². The SMILES string of the molecule is O=C(Cl)CC(c1ccccc1)c1cccc(Cl)c1. The first kappa shape index (κ1) is 13.1. The van der Waals surface area contributed by atoms with E-state index in [1.165, 1.54) is 0 Å². The molecule has 2 aromatic rings. The molecule has 1 unspecified atom stereocenters. The number of halogens is 2. The Kier molecular flexibility index (Phi) is 4.40. The number of hydrogen-bond donors (Lipinski definition) is 0. The zero-order chi connectivity index (χ0) is 13.0. The summed E-state index contributed by atoms with van der Waals surface area (Å²) in [6.07, 6.45) is 0.270. The largest absolute Gasteiger partial charge is 0.281 e. The molecule has 1 nitrogen and oxygen atoms in total. The summed E-state index contributed by atoms with van der Waals surface area (Å²) >= 11 is 11.5. The minimum Gasteiger partial charge on any atom is -0.281 e. The van der Waals surface area contributed by atoms with Gasteiger partial charge in [0.1, 0.15) is 0 Å². The maximum atomic E-state index is 11.2. The molecule has 0 aliphatic carbocycles. The highest BCUT2D eigenvalue weighted by molar-refractivity contribution is 6.63. The van der Waals surface area contributed by atoms with Gasteiger partial charge in [-0.1, -0.05) is 54.1 Å². The molecule has 0 bridgehead atoms. The van der Waals surface area contributed by atoms with E-state index in [4.69, 9.17) is 23.2 Å². The van der Waals surface area contributed by atoms with Gasteiger partial charge in [0.05, 0.1) is 0 Å². The number of benzene rings is 2. The molecule has 0 aromatic heterocycles. The van der Waals surface area contributed by atoms with Crippen LogP contribution in [0.1, 0.15) is 23.5 Å². The smallest absolute Gasteiger partial charge is 0.222 e. The molecule has 2 rings (SSSR count). The van der Waals surface area contributed by atoms with Gasteiger partial charge in [-0.25, -0.2) is 0 Å². The Morgan fingerprint density at radius 3 is 2.28 bits per heavy atom. The first-order valence-electron chi connectivity index (χ1n) is 5.65. The van der Waals surface area contributed by atoms with Crippen LogP contribution < -0.4 is 0 Å². The molecule has 0 saturated heterocycles. The van der Waals surface area contributed by atoms with E-state index < -0.39 is 0 Å². The summed E-state index contributed by atoms with van der Waals surface area (Å²) in [7, 11) is 0. The second-order valence-corrected chi connectivity index (χ2v) is 4.94. The van der Waals surface area contributed by atoms with Crippen LogP contribution in [0.4, 0.5) is 0 Å². The Bertz CT molecular complexity index is 537. The molecular formula is C15H12Cl2O. The minimum absolute atomic E-state index is 0.0464. The molecule has 0 heterocycles. The summed E-state index contributed by atoms with van der Waals surface area (Å²) in [6, 6.07) is 17.4. The van der Waals surface area contributed by atoms with Crippen molar-refractivity contribution in [1.82, 2.24) is 0 Å². The fourth-order valence-electron chi connectivity index (χ4n) is 2.00. The van der Waals surface area contributed by atoms with E-state index in [2.05, 4.69) is 0 Å². The van der Waals surface area contributed by atoms with Gasteiger partial charge in [0.25, 0.3) is 0 Å². The van der Waals surface area contributed by atoms with Crippen LogP contribution in [0.5, 0.6) is 0 Å². The fourth-order valence-corrected chi connectivity index (χ4v) is 2.35. The van der Waals surface area contributed by atoms with Gasteiger partial charge in [-0.3, -0.25) is 4.79 Å². The zero-order valence-corrected chi connectivity index (χ0v) is 11.2. The van der Waals surface area contributed by atoms with E-state index in [0.717, 1.165) is 11.1 Å². The summed E-state index contributed by atoms with van der Waals surface area (Å²) in [5.74, 6) is -0.0464. The Hall–Kier alpha value is -1.31. The highest BCUT2D eigenvalue weighted by atomic mass is 35.5. The van der Waals surface area contributed by atoms with Crippen LogP contribution in [0.2, 0.25) is 5.02 Å². The van der Waals surface area contributed by atoms with Crippen molar-refractivity contribution in [3.63, 3.8) is 0 Å². The molecule has 1 atom stereocenters. The Morgan fingerprint density at radius 2 is 1.67 bits per heavy atom. The number of hydrogen-bond acceptors (Lipinski definition) is 1. The molecule has 0 fully saturated rings. The van der Waals surface area contributed by atoms with Gasteiger partial charge in [-0.2, -0.15) is 0 Å². The lowest BCUT2D eigenvalue weighted by molar-refractivity contribution is -0.111. The number of carbonyl (C=O) groups excluding carboxylic acids is 1. The van der Waals surface area contributed by atoms with Gasteiger partial charge in [0.2, 0.25) is 5.24 Å². The van der Waals surface area contributed by atoms with Crippen LogP contribution in [0.15, 0.2) is 54.6 Å². The predicted molar refractivity (Wildman–Crippen MR) is 75.2 cm³/mol. The van der Waals surface area contributed by atoms with E-state index in [9.17, 15) is 4.79 Å². The minimum atomic E-state index is -0.344. The van der Waals surface area contributed by atoms with Gasteiger partial charge < -0.3 is 0 Å². The monoisotopic (exact) mass is 278 g/mol. The third-order valence-corrected chi connectivity index (χ3v) is 3.21. The van der Waals surface area contributed by atoms with Crippen LogP contribution in [-0.4, -0.2) is 5.24 Å². The van der Waals surface area contributed by atoms with Crippen molar-refractivity contribution in [2.45, 2.75) is 12.3 Å². The van der Waals surface area contributed by atoms with Crippen molar-refractivity contribution in [2.24, 2.45) is 0 Å². The standard InChI is InChI=1S/C15H12Cl2O/c16-13-8-4-7-12(9-13)14(10-15(17)18)11-5-2-1-3-6-11/h1-9,14H,10H2. The second-order valence-electron chi connectivity index (χ2n) is 4.08. The van der Waals surface area contributed by atoms with Crippen molar-refractivity contribution in [1.29, 1.82) is 0 Å². The van der Waals surface area contributed by atoms with Crippen molar-refractivity contribution < 1.29 is 4.79 Å². The van der Waals surface area contributed by atoms with E-state index in [1.54, 1.807) is 0 Å². The van der Waals surface area contributed by atoms with Crippen LogP contribution >= 0.6 is 23.2 Å². The summed E-state index contributed by atoms with van der Waals surface area (Å²) in [5.41, 5.74) is 2.07. The Labute approximate surface area is 116 Å². The summed E-state index contributed by atoms with van der Waals surface area (Å²) in [4.78, 5) is 11.2. The zero-order valence-electron chi connectivity index (χ0n) is 9.64. The van der Waals surface area contributed by atoms with Gasteiger partial charge >= 0.3 is 0 Å². The molecule has 0 aliphatic rings. The molecule has 0 amide bonds. The van der Waals surface area contributed by atoms with Crippen molar-refractivity contribution >= 4 is 28.4 Å². The highest BCUT2D eigenvalue weighted by Gasteiger charge is 2.17. The summed E-state index contributed by atoms with van der Waals surface area (Å²) < 4.78 is 0. The predicted octanol–water partition coefficient (Wildman–Crippen LogP) is 4.63. The molecule has 2 aromatic carbocycles. The summed E-state index contributed by atoms with van der Waals surface area (Å²) in [6.45, 7) is 0. The van der Waals surface area contributed by atoms with Gasteiger partial charge in [0, 0.05) is 17.4 Å². The topological polar surface area (TPSA) is 17.1 Å². The van der Waals surface area contributed by atoms with Crippen LogP contribution in [0.3, 0.4) is 0 Å². The Morgan fingerprint density at radius 1 is 1.00 bits per heavy atom. The maximum Gasteiger partial charge on any atom is 0.222 e. The lowest BCUT2D eigenvalue weighted by Gasteiger charge is -2.16. The molecule has 3 heteroatoms. The molecule has 0 aliphatic heterocycles. The molecule has 0 N–H and O–H groups in total. The third-order valence-electron chi connectivity index (χ3n) is 2.82. The van der Waals surface area contributed by atoms with Crippen LogP contribution in [0, 0.1) is 0 Å². The Balaban J connectivity index is 2.40. The normalized spacial score (nSPS) is 12.1. The first-order valence-corrected chi connectivity index (χ1v) is 6.41.